The van der Waals surface area contributed by atoms with Crippen LogP contribution in [0.3, 0.4) is 0 Å². The molecule has 6 heteroatoms. The smallest absolute Gasteiger partial charge is 0.321 e. The third-order valence-electron chi connectivity index (χ3n) is 3.78. The van der Waals surface area contributed by atoms with Gasteiger partial charge in [0.25, 0.3) is 0 Å². The minimum Gasteiger partial charge on any atom is -0.391 e. The molecule has 0 radical (unpaired) electrons. The molecule has 2 aliphatic carbocycles. The van der Waals surface area contributed by atoms with Crippen LogP contribution >= 0.6 is 11.3 Å². The fourth-order valence-electron chi connectivity index (χ4n) is 2.49. The van der Waals surface area contributed by atoms with Gasteiger partial charge in [0.1, 0.15) is 0 Å². The highest BCUT2D eigenvalue weighted by Gasteiger charge is 2.27. The number of nitrogens with zero attached hydrogens (tertiary/aromatic N) is 1. The number of amides is 2. The summed E-state index contributed by atoms with van der Waals surface area (Å²) in [5.41, 5.74) is 1.10. The largest absolute Gasteiger partial charge is 0.391 e. The van der Waals surface area contributed by atoms with Gasteiger partial charge < -0.3 is 10.4 Å². The van der Waals surface area contributed by atoms with Crippen molar-refractivity contribution in [2.24, 2.45) is 0 Å². The molecule has 2 unspecified atom stereocenters. The minimum absolute atomic E-state index is 0.128. The van der Waals surface area contributed by atoms with E-state index in [4.69, 9.17) is 0 Å². The van der Waals surface area contributed by atoms with E-state index in [0.29, 0.717) is 11.0 Å². The second-order valence-corrected chi connectivity index (χ2v) is 6.27. The summed E-state index contributed by atoms with van der Waals surface area (Å²) >= 11 is 1.46. The number of aliphatic hydroxyl groups is 1. The number of aliphatic hydroxyl groups excluding tert-OH is 1. The van der Waals surface area contributed by atoms with Crippen molar-refractivity contribution in [1.29, 1.82) is 0 Å². The summed E-state index contributed by atoms with van der Waals surface area (Å²) in [5.74, 6) is 0.607. The van der Waals surface area contributed by atoms with Gasteiger partial charge in [0.15, 0.2) is 5.13 Å². The van der Waals surface area contributed by atoms with E-state index in [2.05, 4.69) is 15.6 Å². The van der Waals surface area contributed by atoms with Crippen LogP contribution in [0.1, 0.15) is 50.1 Å². The second kappa shape index (κ2) is 5.46. The van der Waals surface area contributed by atoms with E-state index < -0.39 is 6.10 Å². The molecule has 3 N–H and O–H groups in total. The van der Waals surface area contributed by atoms with Crippen LogP contribution in [-0.2, 0) is 0 Å². The molecule has 2 atom stereocenters. The number of carbonyl (C=O) groups excluding carboxylic acids is 1. The van der Waals surface area contributed by atoms with Crippen molar-refractivity contribution in [3.63, 3.8) is 0 Å². The Labute approximate surface area is 116 Å². The summed E-state index contributed by atoms with van der Waals surface area (Å²) in [7, 11) is 0. The highest BCUT2D eigenvalue weighted by molar-refractivity contribution is 7.13. The van der Waals surface area contributed by atoms with Gasteiger partial charge in [-0.25, -0.2) is 9.78 Å². The van der Waals surface area contributed by atoms with Crippen LogP contribution in [0.5, 0.6) is 0 Å². The van der Waals surface area contributed by atoms with Crippen LogP contribution < -0.4 is 10.6 Å². The zero-order chi connectivity index (χ0) is 13.2. The summed E-state index contributed by atoms with van der Waals surface area (Å²) < 4.78 is 0. The molecule has 2 fully saturated rings. The Morgan fingerprint density at radius 3 is 2.84 bits per heavy atom. The molecule has 0 saturated heterocycles. The number of urea groups is 1. The van der Waals surface area contributed by atoms with Crippen molar-refractivity contribution in [1.82, 2.24) is 10.3 Å². The van der Waals surface area contributed by atoms with Crippen LogP contribution in [0, 0.1) is 0 Å². The Balaban J connectivity index is 1.52. The van der Waals surface area contributed by atoms with E-state index in [1.807, 2.05) is 5.38 Å². The molecule has 2 aliphatic rings. The highest BCUT2D eigenvalue weighted by Crippen LogP contribution is 2.40. The van der Waals surface area contributed by atoms with E-state index in [-0.39, 0.29) is 12.1 Å². The van der Waals surface area contributed by atoms with E-state index in [0.717, 1.165) is 31.4 Å². The fraction of sp³-hybridized carbons (Fsp3) is 0.692. The summed E-state index contributed by atoms with van der Waals surface area (Å²) in [4.78, 5) is 16.3. The molecule has 5 nitrogen and oxygen atoms in total. The summed E-state index contributed by atoms with van der Waals surface area (Å²) in [6.45, 7) is 0. The number of aromatic nitrogens is 1. The fourth-order valence-corrected chi connectivity index (χ4v) is 3.28. The highest BCUT2D eigenvalue weighted by atomic mass is 32.1. The van der Waals surface area contributed by atoms with Crippen LogP contribution in [0.15, 0.2) is 5.38 Å². The molecule has 0 spiro atoms. The molecule has 3 rings (SSSR count). The topological polar surface area (TPSA) is 74.2 Å². The van der Waals surface area contributed by atoms with Crippen molar-refractivity contribution in [3.05, 3.63) is 11.1 Å². The third kappa shape index (κ3) is 3.25. The molecule has 0 aromatic carbocycles. The maximum absolute atomic E-state index is 11.9. The van der Waals surface area contributed by atoms with Gasteiger partial charge in [0.05, 0.1) is 17.8 Å². The molecular formula is C13H19N3O2S. The van der Waals surface area contributed by atoms with Crippen molar-refractivity contribution in [3.8, 4) is 0 Å². The van der Waals surface area contributed by atoms with E-state index in [1.54, 1.807) is 0 Å². The number of nitrogens with one attached hydrogen (secondary N) is 2. The quantitative estimate of drug-likeness (QED) is 0.796. The Morgan fingerprint density at radius 1 is 1.32 bits per heavy atom. The molecule has 2 saturated carbocycles. The first-order chi connectivity index (χ1) is 9.22. The van der Waals surface area contributed by atoms with Gasteiger partial charge >= 0.3 is 6.03 Å². The molecule has 104 valence electrons. The summed E-state index contributed by atoms with van der Waals surface area (Å²) in [6, 6.07) is -0.390. The lowest BCUT2D eigenvalue weighted by Crippen LogP contribution is -2.46. The zero-order valence-corrected chi connectivity index (χ0v) is 11.6. The van der Waals surface area contributed by atoms with Gasteiger partial charge in [-0.1, -0.05) is 12.8 Å². The summed E-state index contributed by atoms with van der Waals surface area (Å²) in [5, 5.41) is 18.1. The minimum atomic E-state index is -0.419. The second-order valence-electron chi connectivity index (χ2n) is 5.41. The average Bonchev–Trinajstić information content (AvgIpc) is 3.14. The Kier molecular flexibility index (Phi) is 3.70. The van der Waals surface area contributed by atoms with Crippen molar-refractivity contribution < 1.29 is 9.90 Å². The van der Waals surface area contributed by atoms with Crippen molar-refractivity contribution in [2.75, 3.05) is 5.32 Å². The predicted octanol–water partition coefficient (Wildman–Crippen LogP) is 2.45. The van der Waals surface area contributed by atoms with Crippen LogP contribution in [0.4, 0.5) is 9.93 Å². The predicted molar refractivity (Wildman–Crippen MR) is 74.5 cm³/mol. The van der Waals surface area contributed by atoms with Gasteiger partial charge in [0.2, 0.25) is 0 Å². The lowest BCUT2D eigenvalue weighted by atomic mass is 9.93. The Bertz CT molecular complexity index is 458. The van der Waals surface area contributed by atoms with Gasteiger partial charge in [-0.3, -0.25) is 5.32 Å². The number of rotatable bonds is 3. The zero-order valence-electron chi connectivity index (χ0n) is 10.8. The van der Waals surface area contributed by atoms with E-state index in [1.165, 1.54) is 24.2 Å². The van der Waals surface area contributed by atoms with Crippen LogP contribution in [-0.4, -0.2) is 28.3 Å². The first-order valence-electron chi connectivity index (χ1n) is 6.93. The lowest BCUT2D eigenvalue weighted by molar-refractivity contribution is 0.0955. The Hall–Kier alpha value is -1.14. The first kappa shape index (κ1) is 12.9. The number of anilines is 1. The normalized spacial score (nSPS) is 27.0. The van der Waals surface area contributed by atoms with Gasteiger partial charge in [-0.05, 0) is 25.7 Å². The van der Waals surface area contributed by atoms with Gasteiger partial charge in [0, 0.05) is 11.3 Å². The van der Waals surface area contributed by atoms with Crippen LogP contribution in [0.2, 0.25) is 0 Å². The van der Waals surface area contributed by atoms with Crippen molar-refractivity contribution in [2.45, 2.75) is 56.6 Å². The van der Waals surface area contributed by atoms with Gasteiger partial charge in [-0.2, -0.15) is 0 Å². The SMILES string of the molecule is O=C(Nc1nc(C2CC2)cs1)NC1CCCCC1O. The standard InChI is InChI=1S/C13H19N3O2S/c17-11-4-2-1-3-9(11)14-12(18)16-13-15-10(7-19-13)8-5-6-8/h7-9,11,17H,1-6H2,(H2,14,15,16,18). The van der Waals surface area contributed by atoms with Crippen LogP contribution in [0.25, 0.3) is 0 Å². The Morgan fingerprint density at radius 2 is 2.11 bits per heavy atom. The molecule has 1 aromatic rings. The van der Waals surface area contributed by atoms with Crippen molar-refractivity contribution >= 4 is 22.5 Å². The number of hydrogen-bond acceptors (Lipinski definition) is 4. The number of thiazole rings is 1. The molecule has 2 amide bonds. The maximum Gasteiger partial charge on any atom is 0.321 e. The molecule has 1 heterocycles. The average molecular weight is 281 g/mol. The van der Waals surface area contributed by atoms with E-state index in [9.17, 15) is 9.90 Å². The molecular weight excluding hydrogens is 262 g/mol. The summed E-state index contributed by atoms with van der Waals surface area (Å²) in [6.07, 6.45) is 5.72. The maximum atomic E-state index is 11.9. The van der Waals surface area contributed by atoms with Gasteiger partial charge in [-0.15, -0.1) is 11.3 Å². The number of carbonyl (C=O) groups is 1. The lowest BCUT2D eigenvalue weighted by Gasteiger charge is -2.28. The number of hydrogen-bond donors (Lipinski definition) is 3. The monoisotopic (exact) mass is 281 g/mol. The van der Waals surface area contributed by atoms with E-state index >= 15 is 0 Å². The first-order valence-corrected chi connectivity index (χ1v) is 7.81. The molecule has 0 bridgehead atoms. The third-order valence-corrected chi connectivity index (χ3v) is 4.56. The molecule has 1 aromatic heterocycles. The molecule has 0 aliphatic heterocycles. The molecule has 19 heavy (non-hydrogen) atoms.